The lowest BCUT2D eigenvalue weighted by Crippen LogP contribution is -2.05. The van der Waals surface area contributed by atoms with E-state index in [2.05, 4.69) is 37.6 Å². The second kappa shape index (κ2) is 5.08. The second-order valence-corrected chi connectivity index (χ2v) is 5.42. The lowest BCUT2D eigenvalue weighted by Gasteiger charge is -2.11. The van der Waals surface area contributed by atoms with E-state index >= 15 is 0 Å². The molecule has 2 rings (SSSR count). The molecule has 3 heteroatoms. The van der Waals surface area contributed by atoms with Gasteiger partial charge in [-0.25, -0.2) is 4.79 Å². The van der Waals surface area contributed by atoms with Gasteiger partial charge in [-0.3, -0.25) is 0 Å². The van der Waals surface area contributed by atoms with Crippen LogP contribution in [0.25, 0.3) is 10.9 Å². The van der Waals surface area contributed by atoms with Crippen molar-refractivity contribution in [1.82, 2.24) is 4.57 Å². The predicted octanol–water partition coefficient (Wildman–Crippen LogP) is 4.18. The Morgan fingerprint density at radius 2 is 2.05 bits per heavy atom. The van der Waals surface area contributed by atoms with Crippen LogP contribution in [0.3, 0.4) is 0 Å². The molecule has 0 spiro atoms. The van der Waals surface area contributed by atoms with E-state index in [0.717, 1.165) is 29.3 Å². The first kappa shape index (κ1) is 13.7. The van der Waals surface area contributed by atoms with Gasteiger partial charge in [-0.15, -0.1) is 0 Å². The number of carbonyl (C=O) groups is 1. The Balaban J connectivity index is 2.85. The van der Waals surface area contributed by atoms with E-state index in [4.69, 9.17) is 0 Å². The van der Waals surface area contributed by atoms with E-state index in [1.807, 2.05) is 6.92 Å². The summed E-state index contributed by atoms with van der Waals surface area (Å²) in [6.07, 6.45) is 4.16. The van der Waals surface area contributed by atoms with Gasteiger partial charge < -0.3 is 9.67 Å². The molecule has 0 unspecified atom stereocenters. The zero-order valence-electron chi connectivity index (χ0n) is 12.0. The molecule has 0 aliphatic rings. The number of carboxylic acid groups (broad SMARTS) is 1. The average molecular weight is 259 g/mol. The molecule has 3 nitrogen and oxygen atoms in total. The van der Waals surface area contributed by atoms with Gasteiger partial charge >= 0.3 is 5.97 Å². The number of aryl methyl sites for hydroxylation is 2. The zero-order chi connectivity index (χ0) is 14.2. The van der Waals surface area contributed by atoms with Gasteiger partial charge in [0.25, 0.3) is 0 Å². The molecule has 19 heavy (non-hydrogen) atoms. The number of rotatable bonds is 4. The van der Waals surface area contributed by atoms with Crippen molar-refractivity contribution >= 4 is 16.9 Å². The molecular formula is C16H21NO2. The lowest BCUT2D eigenvalue weighted by molar-refractivity contribution is 0.0698. The molecule has 1 N–H and O–H groups in total. The van der Waals surface area contributed by atoms with E-state index in [0.29, 0.717) is 5.56 Å². The smallest absolute Gasteiger partial charge is 0.337 e. The molecule has 102 valence electrons. The van der Waals surface area contributed by atoms with Crippen LogP contribution in [-0.2, 0) is 6.42 Å². The van der Waals surface area contributed by atoms with Crippen molar-refractivity contribution in [1.29, 1.82) is 0 Å². The summed E-state index contributed by atoms with van der Waals surface area (Å²) >= 11 is 0. The molecule has 0 saturated carbocycles. The SMILES string of the molecule is CCCc1cn(C(C)C)c2c(C(=O)O)cc(C)cc12. The molecule has 0 aliphatic carbocycles. The maximum Gasteiger partial charge on any atom is 0.337 e. The van der Waals surface area contributed by atoms with Crippen molar-refractivity contribution in [2.45, 2.75) is 46.6 Å². The normalized spacial score (nSPS) is 11.4. The molecule has 1 aromatic carbocycles. The first-order valence-electron chi connectivity index (χ1n) is 6.83. The predicted molar refractivity (Wildman–Crippen MR) is 78.0 cm³/mol. The van der Waals surface area contributed by atoms with Crippen LogP contribution >= 0.6 is 0 Å². The molecule has 0 saturated heterocycles. The molecule has 1 aromatic heterocycles. The first-order valence-corrected chi connectivity index (χ1v) is 6.83. The minimum Gasteiger partial charge on any atom is -0.478 e. The number of nitrogens with zero attached hydrogens (tertiary/aromatic N) is 1. The van der Waals surface area contributed by atoms with Crippen LogP contribution in [0, 0.1) is 6.92 Å². The number of aromatic carboxylic acids is 1. The summed E-state index contributed by atoms with van der Waals surface area (Å²) < 4.78 is 2.09. The van der Waals surface area contributed by atoms with Gasteiger partial charge in [0, 0.05) is 17.6 Å². The minimum absolute atomic E-state index is 0.258. The largest absolute Gasteiger partial charge is 0.478 e. The second-order valence-electron chi connectivity index (χ2n) is 5.42. The van der Waals surface area contributed by atoms with E-state index in [-0.39, 0.29) is 6.04 Å². The van der Waals surface area contributed by atoms with Gasteiger partial charge in [-0.05, 0) is 50.5 Å². The summed E-state index contributed by atoms with van der Waals surface area (Å²) in [5.41, 5.74) is 3.52. The van der Waals surface area contributed by atoms with Gasteiger partial charge in [0.2, 0.25) is 0 Å². The Morgan fingerprint density at radius 3 is 2.58 bits per heavy atom. The number of benzene rings is 1. The maximum absolute atomic E-state index is 11.5. The number of hydrogen-bond acceptors (Lipinski definition) is 1. The quantitative estimate of drug-likeness (QED) is 0.895. The fraction of sp³-hybridized carbons (Fsp3) is 0.438. The van der Waals surface area contributed by atoms with Crippen molar-refractivity contribution in [3.63, 3.8) is 0 Å². The van der Waals surface area contributed by atoms with E-state index < -0.39 is 5.97 Å². The Morgan fingerprint density at radius 1 is 1.37 bits per heavy atom. The standard InChI is InChI=1S/C16H21NO2/c1-5-6-12-9-17(10(2)3)15-13(12)7-11(4)8-14(15)16(18)19/h7-10H,5-6H2,1-4H3,(H,18,19). The number of aromatic nitrogens is 1. The third kappa shape index (κ3) is 2.37. The highest BCUT2D eigenvalue weighted by atomic mass is 16.4. The number of fused-ring (bicyclic) bond motifs is 1. The topological polar surface area (TPSA) is 42.2 Å². The molecule has 0 aliphatic heterocycles. The Bertz CT molecular complexity index is 623. The maximum atomic E-state index is 11.5. The fourth-order valence-corrected chi connectivity index (χ4v) is 2.64. The highest BCUT2D eigenvalue weighted by Crippen LogP contribution is 2.30. The van der Waals surface area contributed by atoms with E-state index in [1.165, 1.54) is 5.56 Å². The molecule has 0 radical (unpaired) electrons. The van der Waals surface area contributed by atoms with Gasteiger partial charge in [0.1, 0.15) is 0 Å². The average Bonchev–Trinajstić information content (AvgIpc) is 2.67. The van der Waals surface area contributed by atoms with Crippen molar-refractivity contribution in [3.05, 3.63) is 35.0 Å². The Labute approximate surface area is 113 Å². The molecule has 0 atom stereocenters. The van der Waals surface area contributed by atoms with Crippen LogP contribution in [0.4, 0.5) is 0 Å². The summed E-state index contributed by atoms with van der Waals surface area (Å²) in [7, 11) is 0. The highest BCUT2D eigenvalue weighted by molar-refractivity contribution is 6.04. The summed E-state index contributed by atoms with van der Waals surface area (Å²) in [4.78, 5) is 11.5. The molecular weight excluding hydrogens is 238 g/mol. The van der Waals surface area contributed by atoms with Gasteiger partial charge in [-0.1, -0.05) is 13.3 Å². The third-order valence-corrected chi connectivity index (χ3v) is 3.46. The van der Waals surface area contributed by atoms with Gasteiger partial charge in [0.15, 0.2) is 0 Å². The zero-order valence-corrected chi connectivity index (χ0v) is 12.0. The van der Waals surface area contributed by atoms with E-state index in [1.54, 1.807) is 6.07 Å². The van der Waals surface area contributed by atoms with Crippen molar-refractivity contribution in [3.8, 4) is 0 Å². The van der Waals surface area contributed by atoms with Gasteiger partial charge in [0.05, 0.1) is 11.1 Å². The summed E-state index contributed by atoms with van der Waals surface area (Å²) in [5, 5.41) is 10.5. The molecule has 2 aromatic rings. The Hall–Kier alpha value is -1.77. The minimum atomic E-state index is -0.850. The van der Waals surface area contributed by atoms with Gasteiger partial charge in [-0.2, -0.15) is 0 Å². The van der Waals surface area contributed by atoms with Crippen LogP contribution in [-0.4, -0.2) is 15.6 Å². The number of carboxylic acids is 1. The summed E-state index contributed by atoms with van der Waals surface area (Å²) in [5.74, 6) is -0.850. The summed E-state index contributed by atoms with van der Waals surface area (Å²) in [6.45, 7) is 8.27. The van der Waals surface area contributed by atoms with Crippen molar-refractivity contribution in [2.75, 3.05) is 0 Å². The monoisotopic (exact) mass is 259 g/mol. The Kier molecular flexibility index (Phi) is 3.65. The molecule has 0 bridgehead atoms. The number of hydrogen-bond donors (Lipinski definition) is 1. The van der Waals surface area contributed by atoms with E-state index in [9.17, 15) is 9.90 Å². The van der Waals surface area contributed by atoms with Crippen molar-refractivity contribution < 1.29 is 9.90 Å². The first-order chi connectivity index (χ1) is 8.95. The fourth-order valence-electron chi connectivity index (χ4n) is 2.64. The van der Waals surface area contributed by atoms with Crippen LogP contribution in [0.15, 0.2) is 18.3 Å². The van der Waals surface area contributed by atoms with Crippen LogP contribution in [0.1, 0.15) is 54.7 Å². The highest BCUT2D eigenvalue weighted by Gasteiger charge is 2.18. The molecule has 0 fully saturated rings. The molecule has 1 heterocycles. The van der Waals surface area contributed by atoms with Crippen molar-refractivity contribution in [2.24, 2.45) is 0 Å². The van der Waals surface area contributed by atoms with Crippen LogP contribution in [0.5, 0.6) is 0 Å². The van der Waals surface area contributed by atoms with Crippen LogP contribution < -0.4 is 0 Å². The van der Waals surface area contributed by atoms with Crippen LogP contribution in [0.2, 0.25) is 0 Å². The summed E-state index contributed by atoms with van der Waals surface area (Å²) in [6, 6.07) is 4.12. The molecule has 0 amide bonds. The lowest BCUT2D eigenvalue weighted by atomic mass is 10.0. The third-order valence-electron chi connectivity index (χ3n) is 3.46.